The summed E-state index contributed by atoms with van der Waals surface area (Å²) in [7, 11) is 0. The third-order valence-corrected chi connectivity index (χ3v) is 5.33. The lowest BCUT2D eigenvalue weighted by atomic mass is 10.2. The lowest BCUT2D eigenvalue weighted by Crippen LogP contribution is -2.44. The fourth-order valence-electron chi connectivity index (χ4n) is 2.98. The number of benzene rings is 1. The number of nitrogens with zero attached hydrogens (tertiary/aromatic N) is 2. The van der Waals surface area contributed by atoms with Crippen LogP contribution < -0.4 is 10.2 Å². The summed E-state index contributed by atoms with van der Waals surface area (Å²) in [5.74, 6) is 1.16. The number of amides is 2. The van der Waals surface area contributed by atoms with Gasteiger partial charge in [-0.2, -0.15) is 0 Å². The van der Waals surface area contributed by atoms with E-state index in [-0.39, 0.29) is 17.9 Å². The van der Waals surface area contributed by atoms with E-state index >= 15 is 0 Å². The molecule has 2 aliphatic heterocycles. The van der Waals surface area contributed by atoms with Crippen LogP contribution in [0, 0.1) is 0 Å². The molecule has 0 aromatic heterocycles. The van der Waals surface area contributed by atoms with E-state index in [9.17, 15) is 9.59 Å². The molecule has 0 spiro atoms. The Morgan fingerprint density at radius 1 is 1.29 bits per heavy atom. The fraction of sp³-hybridized carbons (Fsp3) is 0.529. The van der Waals surface area contributed by atoms with Crippen molar-refractivity contribution in [2.24, 2.45) is 0 Å². The average molecular weight is 349 g/mol. The summed E-state index contributed by atoms with van der Waals surface area (Å²) >= 11 is 1.62. The number of thioether (sulfide) groups is 1. The van der Waals surface area contributed by atoms with Crippen molar-refractivity contribution in [1.82, 2.24) is 4.90 Å². The van der Waals surface area contributed by atoms with Crippen molar-refractivity contribution in [3.63, 3.8) is 0 Å². The topological polar surface area (TPSA) is 61.9 Å². The molecule has 2 heterocycles. The quantitative estimate of drug-likeness (QED) is 0.898. The Balaban J connectivity index is 1.73. The summed E-state index contributed by atoms with van der Waals surface area (Å²) in [6.07, 6.45) is 0.425. The van der Waals surface area contributed by atoms with Gasteiger partial charge in [0.15, 0.2) is 0 Å². The van der Waals surface area contributed by atoms with Crippen LogP contribution in [0.2, 0.25) is 0 Å². The van der Waals surface area contributed by atoms with Crippen LogP contribution in [-0.2, 0) is 14.3 Å². The minimum atomic E-state index is -0.389. The highest BCUT2D eigenvalue weighted by Gasteiger charge is 2.34. The Morgan fingerprint density at radius 2 is 2.04 bits per heavy atom. The number of rotatable bonds is 4. The molecule has 6 nitrogen and oxygen atoms in total. The van der Waals surface area contributed by atoms with Gasteiger partial charge in [-0.3, -0.25) is 9.59 Å². The molecule has 2 aliphatic rings. The fourth-order valence-corrected chi connectivity index (χ4v) is 4.16. The summed E-state index contributed by atoms with van der Waals surface area (Å²) in [6, 6.07) is 7.42. The van der Waals surface area contributed by atoms with E-state index in [4.69, 9.17) is 4.74 Å². The zero-order chi connectivity index (χ0) is 16.9. The summed E-state index contributed by atoms with van der Waals surface area (Å²) < 4.78 is 5.40. The molecule has 0 radical (unpaired) electrons. The second-order valence-corrected chi connectivity index (χ2v) is 6.84. The molecule has 1 N–H and O–H groups in total. The molecule has 0 saturated carbocycles. The van der Waals surface area contributed by atoms with E-state index in [1.165, 1.54) is 0 Å². The van der Waals surface area contributed by atoms with Crippen molar-refractivity contribution in [3.05, 3.63) is 24.3 Å². The van der Waals surface area contributed by atoms with Gasteiger partial charge in [0.2, 0.25) is 11.8 Å². The average Bonchev–Trinajstić information content (AvgIpc) is 3.12. The van der Waals surface area contributed by atoms with Crippen molar-refractivity contribution in [2.75, 3.05) is 48.1 Å². The van der Waals surface area contributed by atoms with E-state index in [0.29, 0.717) is 31.3 Å². The third kappa shape index (κ3) is 3.67. The first kappa shape index (κ1) is 17.1. The van der Waals surface area contributed by atoms with Crippen LogP contribution >= 0.6 is 11.8 Å². The monoisotopic (exact) mass is 349 g/mol. The van der Waals surface area contributed by atoms with Gasteiger partial charge in [0.25, 0.3) is 0 Å². The highest BCUT2D eigenvalue weighted by atomic mass is 32.2. The van der Waals surface area contributed by atoms with E-state index < -0.39 is 0 Å². The SMILES string of the molecule is CCC(=O)N1CSCC1C(=O)Nc1ccccc1N1CCOCC1. The smallest absolute Gasteiger partial charge is 0.248 e. The standard InChI is InChI=1S/C17H23N3O3S/c1-2-16(21)20-12-24-11-15(20)17(22)18-13-5-3-4-6-14(13)19-7-9-23-10-8-19/h3-6,15H,2,7-12H2,1H3,(H,18,22). The van der Waals surface area contributed by atoms with Crippen molar-refractivity contribution in [1.29, 1.82) is 0 Å². The van der Waals surface area contributed by atoms with Gasteiger partial charge >= 0.3 is 0 Å². The molecule has 2 fully saturated rings. The van der Waals surface area contributed by atoms with E-state index in [0.717, 1.165) is 24.5 Å². The lowest BCUT2D eigenvalue weighted by Gasteiger charge is -2.31. The normalized spacial score (nSPS) is 21.0. The highest BCUT2D eigenvalue weighted by molar-refractivity contribution is 7.99. The molecule has 1 unspecified atom stereocenters. The predicted molar refractivity (Wildman–Crippen MR) is 96.4 cm³/mol. The number of para-hydroxylation sites is 2. The molecule has 0 bridgehead atoms. The van der Waals surface area contributed by atoms with Gasteiger partial charge in [-0.05, 0) is 12.1 Å². The van der Waals surface area contributed by atoms with Gasteiger partial charge in [-0.1, -0.05) is 19.1 Å². The Bertz CT molecular complexity index is 604. The molecule has 3 rings (SSSR count). The maximum absolute atomic E-state index is 12.7. The molecule has 2 amide bonds. The Hall–Kier alpha value is -1.73. The van der Waals surface area contributed by atoms with Crippen LogP contribution in [-0.4, -0.2) is 60.7 Å². The molecule has 1 aromatic rings. The van der Waals surface area contributed by atoms with E-state index in [1.54, 1.807) is 16.7 Å². The van der Waals surface area contributed by atoms with E-state index in [1.807, 2.05) is 31.2 Å². The largest absolute Gasteiger partial charge is 0.378 e. The zero-order valence-electron chi connectivity index (χ0n) is 13.9. The zero-order valence-corrected chi connectivity index (χ0v) is 14.7. The summed E-state index contributed by atoms with van der Waals surface area (Å²) in [4.78, 5) is 28.6. The van der Waals surface area contributed by atoms with Crippen LogP contribution in [0.25, 0.3) is 0 Å². The van der Waals surface area contributed by atoms with Gasteiger partial charge < -0.3 is 19.9 Å². The number of anilines is 2. The second kappa shape index (κ2) is 7.90. The van der Waals surface area contributed by atoms with Crippen molar-refractivity contribution < 1.29 is 14.3 Å². The number of ether oxygens (including phenoxy) is 1. The van der Waals surface area contributed by atoms with Crippen LogP contribution in [0.3, 0.4) is 0 Å². The molecule has 130 valence electrons. The molecular weight excluding hydrogens is 326 g/mol. The highest BCUT2D eigenvalue weighted by Crippen LogP contribution is 2.28. The Morgan fingerprint density at radius 3 is 2.79 bits per heavy atom. The predicted octanol–water partition coefficient (Wildman–Crippen LogP) is 1.77. The molecule has 1 aromatic carbocycles. The summed E-state index contributed by atoms with van der Waals surface area (Å²) in [6.45, 7) is 4.84. The van der Waals surface area contributed by atoms with Gasteiger partial charge in [0.05, 0.1) is 30.5 Å². The van der Waals surface area contributed by atoms with Crippen LogP contribution in [0.15, 0.2) is 24.3 Å². The summed E-state index contributed by atoms with van der Waals surface area (Å²) in [5, 5.41) is 3.03. The number of nitrogens with one attached hydrogen (secondary N) is 1. The van der Waals surface area contributed by atoms with Crippen LogP contribution in [0.5, 0.6) is 0 Å². The van der Waals surface area contributed by atoms with Gasteiger partial charge in [0.1, 0.15) is 6.04 Å². The first-order valence-electron chi connectivity index (χ1n) is 8.30. The third-order valence-electron chi connectivity index (χ3n) is 4.32. The maximum atomic E-state index is 12.7. The molecular formula is C17H23N3O3S. The number of carbonyl (C=O) groups is 2. The minimum Gasteiger partial charge on any atom is -0.378 e. The van der Waals surface area contributed by atoms with Crippen molar-refractivity contribution >= 4 is 35.0 Å². The first-order chi connectivity index (χ1) is 11.7. The molecule has 1 atom stereocenters. The van der Waals surface area contributed by atoms with Crippen LogP contribution in [0.4, 0.5) is 11.4 Å². The molecule has 2 saturated heterocycles. The first-order valence-corrected chi connectivity index (χ1v) is 9.46. The van der Waals surface area contributed by atoms with Gasteiger partial charge in [-0.15, -0.1) is 11.8 Å². The minimum absolute atomic E-state index is 0.0293. The van der Waals surface area contributed by atoms with Crippen molar-refractivity contribution in [3.8, 4) is 0 Å². The number of hydrogen-bond acceptors (Lipinski definition) is 5. The Kier molecular flexibility index (Phi) is 5.63. The van der Waals surface area contributed by atoms with Crippen molar-refractivity contribution in [2.45, 2.75) is 19.4 Å². The van der Waals surface area contributed by atoms with Gasteiger partial charge in [0, 0.05) is 25.3 Å². The second-order valence-electron chi connectivity index (χ2n) is 5.84. The number of carbonyl (C=O) groups excluding carboxylic acids is 2. The maximum Gasteiger partial charge on any atom is 0.248 e. The molecule has 7 heteroatoms. The van der Waals surface area contributed by atoms with E-state index in [2.05, 4.69) is 10.2 Å². The van der Waals surface area contributed by atoms with Crippen LogP contribution in [0.1, 0.15) is 13.3 Å². The number of hydrogen-bond donors (Lipinski definition) is 1. The number of morpholine rings is 1. The lowest BCUT2D eigenvalue weighted by molar-refractivity contribution is -0.135. The van der Waals surface area contributed by atoms with Gasteiger partial charge in [-0.25, -0.2) is 0 Å². The molecule has 24 heavy (non-hydrogen) atoms. The molecule has 0 aliphatic carbocycles. The Labute approximate surface area is 146 Å². The summed E-state index contributed by atoms with van der Waals surface area (Å²) in [5.41, 5.74) is 1.80.